The third kappa shape index (κ3) is 6.56. The number of rotatable bonds is 4. The molecular weight excluding hydrogens is 453 g/mol. The van der Waals surface area contributed by atoms with E-state index in [-0.39, 0.29) is 15.8 Å². The van der Waals surface area contributed by atoms with Crippen LogP contribution in [0.15, 0.2) is 135 Å². The Morgan fingerprint density at radius 1 is 0.625 bits per heavy atom. The second-order valence-electron chi connectivity index (χ2n) is 6.51. The minimum atomic E-state index is -4.50. The van der Waals surface area contributed by atoms with E-state index in [0.717, 1.165) is 18.2 Å². The van der Waals surface area contributed by atoms with Crippen molar-refractivity contribution in [2.24, 2.45) is 0 Å². The third-order valence-corrected chi connectivity index (χ3v) is 7.16. The molecule has 1 atom stereocenters. The first-order chi connectivity index (χ1) is 15.4. The summed E-state index contributed by atoms with van der Waals surface area (Å²) in [5.74, 6) is 0. The van der Waals surface area contributed by atoms with Crippen LogP contribution >= 0.6 is 0 Å². The van der Waals surface area contributed by atoms with Crippen LogP contribution in [0.5, 0.6) is 0 Å². The van der Waals surface area contributed by atoms with Crippen LogP contribution in [0.25, 0.3) is 0 Å². The van der Waals surface area contributed by atoms with Crippen molar-refractivity contribution >= 4 is 22.0 Å². The molecule has 0 saturated heterocycles. The van der Waals surface area contributed by atoms with Crippen LogP contribution in [0.1, 0.15) is 5.56 Å². The van der Waals surface area contributed by atoms with Crippen molar-refractivity contribution in [3.8, 4) is 0 Å². The molecule has 0 bridgehead atoms. The van der Waals surface area contributed by atoms with E-state index in [0.29, 0.717) is 6.07 Å². The van der Waals surface area contributed by atoms with E-state index in [9.17, 15) is 21.9 Å². The molecule has 0 amide bonds. The molecule has 0 aliphatic rings. The summed E-state index contributed by atoms with van der Waals surface area (Å²) in [5, 5.41) is 0. The largest absolute Gasteiger partial charge is 0.768 e. The maximum Gasteiger partial charge on any atom is 0.416 e. The molecule has 0 radical (unpaired) electrons. The lowest BCUT2D eigenvalue weighted by atomic mass is 10.2. The van der Waals surface area contributed by atoms with Crippen molar-refractivity contribution < 1.29 is 21.9 Å². The van der Waals surface area contributed by atoms with Gasteiger partial charge in [-0.2, -0.15) is 13.2 Å². The molecule has 0 spiro atoms. The Morgan fingerprint density at radius 3 is 1.38 bits per heavy atom. The first kappa shape index (κ1) is 23.8. The SMILES string of the molecule is O=S([O-])c1cccc(C(F)(F)F)c1.c1ccc([S+](c2ccccc2)c2ccccc2)cc1. The number of halogens is 3. The van der Waals surface area contributed by atoms with Gasteiger partial charge in [0.1, 0.15) is 0 Å². The van der Waals surface area contributed by atoms with Crippen LogP contribution in [0.2, 0.25) is 0 Å². The lowest BCUT2D eigenvalue weighted by molar-refractivity contribution is -0.137. The molecule has 0 saturated carbocycles. The zero-order valence-corrected chi connectivity index (χ0v) is 18.4. The van der Waals surface area contributed by atoms with Crippen LogP contribution in [0.4, 0.5) is 13.2 Å². The van der Waals surface area contributed by atoms with E-state index in [1.54, 1.807) is 0 Å². The fourth-order valence-electron chi connectivity index (χ4n) is 2.85. The minimum Gasteiger partial charge on any atom is -0.768 e. The summed E-state index contributed by atoms with van der Waals surface area (Å²) in [7, 11) is -0.0146. The lowest BCUT2D eigenvalue weighted by Gasteiger charge is -2.09. The van der Waals surface area contributed by atoms with Crippen molar-refractivity contribution in [1.82, 2.24) is 0 Å². The Labute approximate surface area is 190 Å². The Morgan fingerprint density at radius 2 is 1.03 bits per heavy atom. The van der Waals surface area contributed by atoms with Gasteiger partial charge in [-0.3, -0.25) is 4.21 Å². The van der Waals surface area contributed by atoms with Gasteiger partial charge in [-0.05, 0) is 65.7 Å². The molecule has 0 aromatic heterocycles. The van der Waals surface area contributed by atoms with Gasteiger partial charge in [0.2, 0.25) is 0 Å². The zero-order chi connectivity index (χ0) is 23.0. The average Bonchev–Trinajstić information content (AvgIpc) is 2.81. The minimum absolute atomic E-state index is 0.0146. The van der Waals surface area contributed by atoms with Gasteiger partial charge in [0.15, 0.2) is 14.7 Å². The number of benzene rings is 4. The molecule has 4 rings (SSSR count). The lowest BCUT2D eigenvalue weighted by Crippen LogP contribution is -2.05. The second-order valence-corrected chi connectivity index (χ2v) is 9.47. The molecule has 2 nitrogen and oxygen atoms in total. The van der Waals surface area contributed by atoms with E-state index in [4.69, 9.17) is 0 Å². The van der Waals surface area contributed by atoms with Crippen LogP contribution in [-0.4, -0.2) is 8.76 Å². The third-order valence-electron chi connectivity index (χ3n) is 4.29. The van der Waals surface area contributed by atoms with Gasteiger partial charge in [-0.15, -0.1) is 0 Å². The van der Waals surface area contributed by atoms with E-state index in [2.05, 4.69) is 91.0 Å². The van der Waals surface area contributed by atoms with Crippen molar-refractivity contribution in [2.75, 3.05) is 0 Å². The Hall–Kier alpha value is -2.87. The maximum absolute atomic E-state index is 12.0. The summed E-state index contributed by atoms with van der Waals surface area (Å²) < 4.78 is 56.7. The topological polar surface area (TPSA) is 40.1 Å². The van der Waals surface area contributed by atoms with Gasteiger partial charge < -0.3 is 4.55 Å². The van der Waals surface area contributed by atoms with Gasteiger partial charge in [0.25, 0.3) is 0 Å². The first-order valence-corrected chi connectivity index (χ1v) is 11.8. The van der Waals surface area contributed by atoms with Crippen LogP contribution in [-0.2, 0) is 28.2 Å². The highest BCUT2D eigenvalue weighted by molar-refractivity contribution is 7.97. The molecule has 0 aliphatic carbocycles. The van der Waals surface area contributed by atoms with E-state index in [1.165, 1.54) is 14.7 Å². The molecule has 0 fully saturated rings. The Kier molecular flexibility index (Phi) is 8.27. The molecule has 32 heavy (non-hydrogen) atoms. The van der Waals surface area contributed by atoms with Crippen LogP contribution in [0, 0.1) is 0 Å². The van der Waals surface area contributed by atoms with Crippen molar-refractivity contribution in [2.45, 2.75) is 25.8 Å². The number of hydrogen-bond acceptors (Lipinski definition) is 2. The average molecular weight is 473 g/mol. The molecule has 0 N–H and O–H groups in total. The standard InChI is InChI=1S/C18H15S.C7H5F3O2S/c1-4-10-16(11-5-1)19(17-12-6-2-7-13-17)18-14-8-3-9-15-18;8-7(9,10)5-2-1-3-6(4-5)13(11)12/h1-15H;1-4H,(H,11,12)/q+1;/p-1. The van der Waals surface area contributed by atoms with Gasteiger partial charge >= 0.3 is 6.18 Å². The molecule has 164 valence electrons. The highest BCUT2D eigenvalue weighted by atomic mass is 32.2. The van der Waals surface area contributed by atoms with Crippen molar-refractivity contribution in [3.63, 3.8) is 0 Å². The Bertz CT molecular complexity index is 1040. The second kappa shape index (κ2) is 11.1. The molecule has 7 heteroatoms. The van der Waals surface area contributed by atoms with Crippen LogP contribution < -0.4 is 0 Å². The summed E-state index contributed by atoms with van der Waals surface area (Å²) >= 11 is -2.62. The predicted octanol–water partition coefficient (Wildman–Crippen LogP) is 6.73. The molecule has 0 aliphatic heterocycles. The smallest absolute Gasteiger partial charge is 0.416 e. The fraction of sp³-hybridized carbons (Fsp3) is 0.0400. The van der Waals surface area contributed by atoms with E-state index < -0.39 is 22.8 Å². The molecule has 1 unspecified atom stereocenters. The van der Waals surface area contributed by atoms with Gasteiger partial charge in [-0.1, -0.05) is 60.7 Å². The molecule has 4 aromatic carbocycles. The summed E-state index contributed by atoms with van der Waals surface area (Å²) in [6.07, 6.45) is -4.50. The predicted molar refractivity (Wildman–Crippen MR) is 120 cm³/mol. The summed E-state index contributed by atoms with van der Waals surface area (Å²) in [5.41, 5.74) is -0.964. The van der Waals surface area contributed by atoms with E-state index in [1.807, 2.05) is 0 Å². The number of alkyl halides is 3. The van der Waals surface area contributed by atoms with Crippen LogP contribution in [0.3, 0.4) is 0 Å². The summed E-state index contributed by atoms with van der Waals surface area (Å²) in [4.78, 5) is 3.72. The van der Waals surface area contributed by atoms with Crippen molar-refractivity contribution in [3.05, 3.63) is 121 Å². The van der Waals surface area contributed by atoms with Crippen molar-refractivity contribution in [1.29, 1.82) is 0 Å². The Balaban J connectivity index is 0.000000195. The summed E-state index contributed by atoms with van der Waals surface area (Å²) in [6, 6.07) is 35.7. The number of hydrogen-bond donors (Lipinski definition) is 0. The maximum atomic E-state index is 12.0. The van der Waals surface area contributed by atoms with Gasteiger partial charge in [-0.25, -0.2) is 0 Å². The first-order valence-electron chi connectivity index (χ1n) is 9.52. The highest BCUT2D eigenvalue weighted by Gasteiger charge is 2.30. The molecular formula is C25H19F3O2S2. The zero-order valence-electron chi connectivity index (χ0n) is 16.7. The normalized spacial score (nSPS) is 12.0. The van der Waals surface area contributed by atoms with Gasteiger partial charge in [0, 0.05) is 4.90 Å². The molecule has 0 heterocycles. The highest BCUT2D eigenvalue weighted by Crippen LogP contribution is 2.31. The quantitative estimate of drug-likeness (QED) is 0.244. The van der Waals surface area contributed by atoms with Gasteiger partial charge in [0.05, 0.1) is 16.5 Å². The van der Waals surface area contributed by atoms with E-state index >= 15 is 0 Å². The fourth-order valence-corrected chi connectivity index (χ4v) is 5.37. The summed E-state index contributed by atoms with van der Waals surface area (Å²) in [6.45, 7) is 0. The molecule has 4 aromatic rings. The monoisotopic (exact) mass is 472 g/mol.